The summed E-state index contributed by atoms with van der Waals surface area (Å²) < 4.78 is 0. The number of amides is 2. The van der Waals surface area contributed by atoms with Gasteiger partial charge in [-0.1, -0.05) is 0 Å². The topological polar surface area (TPSA) is 60.9 Å². The van der Waals surface area contributed by atoms with Gasteiger partial charge in [-0.3, -0.25) is 9.59 Å². The number of aliphatic hydroxyl groups excluding tert-OH is 1. The van der Waals surface area contributed by atoms with Crippen LogP contribution < -0.4 is 0 Å². The van der Waals surface area contributed by atoms with Crippen LogP contribution in [0.4, 0.5) is 0 Å². The number of hydrogen-bond acceptors (Lipinski definition) is 3. The average Bonchev–Trinajstić information content (AvgIpc) is 3.24. The van der Waals surface area contributed by atoms with E-state index in [0.717, 1.165) is 45.3 Å². The highest BCUT2D eigenvalue weighted by Crippen LogP contribution is 2.48. The molecule has 5 heteroatoms. The first-order valence-corrected chi connectivity index (χ1v) is 8.54. The molecule has 3 rings (SSSR count). The second-order valence-electron chi connectivity index (χ2n) is 7.97. The number of rotatable bonds is 3. The van der Waals surface area contributed by atoms with Crippen molar-refractivity contribution in [2.24, 2.45) is 11.3 Å². The molecule has 3 aliphatic rings. The summed E-state index contributed by atoms with van der Waals surface area (Å²) in [5, 5.41) is 9.75. The van der Waals surface area contributed by atoms with Crippen LogP contribution in [0.1, 0.15) is 52.4 Å². The van der Waals surface area contributed by atoms with E-state index in [9.17, 15) is 14.7 Å². The molecule has 0 aromatic rings. The predicted molar refractivity (Wildman–Crippen MR) is 83.1 cm³/mol. The first-order valence-electron chi connectivity index (χ1n) is 8.54. The standard InChI is InChI=1S/C17H28N2O3/c1-13(21)19-11-17(10-16(19,2)12-20)5-7-18(8-6-17)15(22)9-14-3-4-14/h14,20H,3-12H2,1-2H3. The Morgan fingerprint density at radius 2 is 1.86 bits per heavy atom. The third kappa shape index (κ3) is 2.87. The number of piperidine rings is 1. The summed E-state index contributed by atoms with van der Waals surface area (Å²) in [6.07, 6.45) is 5.89. The molecule has 22 heavy (non-hydrogen) atoms. The van der Waals surface area contributed by atoms with Crippen LogP contribution in [0, 0.1) is 11.3 Å². The summed E-state index contributed by atoms with van der Waals surface area (Å²) >= 11 is 0. The Balaban J connectivity index is 1.62. The Bertz CT molecular complexity index is 467. The lowest BCUT2D eigenvalue weighted by molar-refractivity contribution is -0.135. The highest BCUT2D eigenvalue weighted by atomic mass is 16.3. The van der Waals surface area contributed by atoms with Crippen LogP contribution in [0.2, 0.25) is 0 Å². The number of likely N-dealkylation sites (tertiary alicyclic amines) is 2. The maximum absolute atomic E-state index is 12.2. The average molecular weight is 308 g/mol. The van der Waals surface area contributed by atoms with E-state index in [1.807, 2.05) is 16.7 Å². The van der Waals surface area contributed by atoms with Crippen molar-refractivity contribution in [3.63, 3.8) is 0 Å². The zero-order chi connectivity index (χ0) is 16.0. The summed E-state index contributed by atoms with van der Waals surface area (Å²) in [7, 11) is 0. The molecule has 1 unspecified atom stereocenters. The van der Waals surface area contributed by atoms with Crippen LogP contribution in [0.5, 0.6) is 0 Å². The van der Waals surface area contributed by atoms with Gasteiger partial charge in [0.1, 0.15) is 0 Å². The van der Waals surface area contributed by atoms with Crippen LogP contribution in [0.3, 0.4) is 0 Å². The number of nitrogens with zero attached hydrogens (tertiary/aromatic N) is 2. The van der Waals surface area contributed by atoms with Crippen LogP contribution in [0.15, 0.2) is 0 Å². The van der Waals surface area contributed by atoms with Crippen LogP contribution in [0.25, 0.3) is 0 Å². The molecular formula is C17H28N2O3. The van der Waals surface area contributed by atoms with E-state index in [2.05, 4.69) is 0 Å². The fourth-order valence-electron chi connectivity index (χ4n) is 4.38. The first kappa shape index (κ1) is 15.8. The summed E-state index contributed by atoms with van der Waals surface area (Å²) in [4.78, 5) is 28.0. The van der Waals surface area contributed by atoms with Gasteiger partial charge in [-0.05, 0) is 50.4 Å². The third-order valence-electron chi connectivity index (χ3n) is 5.96. The molecule has 2 amide bonds. The molecule has 2 saturated heterocycles. The molecular weight excluding hydrogens is 280 g/mol. The lowest BCUT2D eigenvalue weighted by atomic mass is 9.74. The van der Waals surface area contributed by atoms with Gasteiger partial charge in [0, 0.05) is 33.0 Å². The lowest BCUT2D eigenvalue weighted by Gasteiger charge is -2.39. The number of carbonyl (C=O) groups excluding carboxylic acids is 2. The maximum Gasteiger partial charge on any atom is 0.222 e. The normalized spacial score (nSPS) is 30.9. The van der Waals surface area contributed by atoms with E-state index >= 15 is 0 Å². The Hall–Kier alpha value is -1.10. The Kier molecular flexibility index (Phi) is 3.96. The molecule has 0 radical (unpaired) electrons. The van der Waals surface area contributed by atoms with Gasteiger partial charge in [-0.2, -0.15) is 0 Å². The van der Waals surface area contributed by atoms with Crippen molar-refractivity contribution >= 4 is 11.8 Å². The monoisotopic (exact) mass is 308 g/mol. The SMILES string of the molecule is CC(=O)N1CC2(CCN(C(=O)CC3CC3)CC2)CC1(C)CO. The predicted octanol–water partition coefficient (Wildman–Crippen LogP) is 1.40. The third-order valence-corrected chi connectivity index (χ3v) is 5.96. The van der Waals surface area contributed by atoms with Gasteiger partial charge in [0.05, 0.1) is 12.1 Å². The van der Waals surface area contributed by atoms with Gasteiger partial charge in [0.25, 0.3) is 0 Å². The molecule has 1 atom stereocenters. The van der Waals surface area contributed by atoms with Crippen molar-refractivity contribution in [2.45, 2.75) is 57.9 Å². The van der Waals surface area contributed by atoms with Gasteiger partial charge in [-0.15, -0.1) is 0 Å². The molecule has 0 aromatic heterocycles. The minimum absolute atomic E-state index is 0.0126. The van der Waals surface area contributed by atoms with E-state index < -0.39 is 5.54 Å². The molecule has 1 saturated carbocycles. The van der Waals surface area contributed by atoms with Crippen molar-refractivity contribution in [2.75, 3.05) is 26.2 Å². The molecule has 1 spiro atoms. The van der Waals surface area contributed by atoms with Crippen molar-refractivity contribution < 1.29 is 14.7 Å². The molecule has 2 heterocycles. The zero-order valence-electron chi connectivity index (χ0n) is 13.8. The number of hydrogen-bond donors (Lipinski definition) is 1. The van der Waals surface area contributed by atoms with Crippen LogP contribution >= 0.6 is 0 Å². The summed E-state index contributed by atoms with van der Waals surface area (Å²) in [6, 6.07) is 0. The minimum Gasteiger partial charge on any atom is -0.394 e. The quantitative estimate of drug-likeness (QED) is 0.857. The zero-order valence-corrected chi connectivity index (χ0v) is 13.8. The molecule has 0 aromatic carbocycles. The molecule has 1 N–H and O–H groups in total. The number of aliphatic hydroxyl groups is 1. The smallest absolute Gasteiger partial charge is 0.222 e. The van der Waals surface area contributed by atoms with Gasteiger partial charge >= 0.3 is 0 Å². The van der Waals surface area contributed by atoms with Crippen molar-refractivity contribution in [3.8, 4) is 0 Å². The highest BCUT2D eigenvalue weighted by molar-refractivity contribution is 5.77. The van der Waals surface area contributed by atoms with E-state index in [-0.39, 0.29) is 17.9 Å². The molecule has 124 valence electrons. The van der Waals surface area contributed by atoms with Gasteiger partial charge < -0.3 is 14.9 Å². The maximum atomic E-state index is 12.2. The highest BCUT2D eigenvalue weighted by Gasteiger charge is 2.52. The van der Waals surface area contributed by atoms with Crippen molar-refractivity contribution in [1.82, 2.24) is 9.80 Å². The molecule has 3 fully saturated rings. The largest absolute Gasteiger partial charge is 0.394 e. The molecule has 0 bridgehead atoms. The molecule has 2 aliphatic heterocycles. The lowest BCUT2D eigenvalue weighted by Crippen LogP contribution is -2.46. The van der Waals surface area contributed by atoms with Crippen LogP contribution in [-0.4, -0.2) is 58.5 Å². The van der Waals surface area contributed by atoms with E-state index in [1.54, 1.807) is 6.92 Å². The summed E-state index contributed by atoms with van der Waals surface area (Å²) in [5.41, 5.74) is -0.356. The second-order valence-corrected chi connectivity index (χ2v) is 7.97. The van der Waals surface area contributed by atoms with Gasteiger partial charge in [0.2, 0.25) is 11.8 Å². The van der Waals surface area contributed by atoms with Gasteiger partial charge in [0.15, 0.2) is 0 Å². The van der Waals surface area contributed by atoms with Crippen LogP contribution in [-0.2, 0) is 9.59 Å². The molecule has 5 nitrogen and oxygen atoms in total. The fraction of sp³-hybridized carbons (Fsp3) is 0.882. The van der Waals surface area contributed by atoms with E-state index in [4.69, 9.17) is 0 Å². The molecule has 1 aliphatic carbocycles. The van der Waals surface area contributed by atoms with Crippen molar-refractivity contribution in [3.05, 3.63) is 0 Å². The Morgan fingerprint density at radius 3 is 2.32 bits per heavy atom. The minimum atomic E-state index is -0.438. The second kappa shape index (κ2) is 5.52. The fourth-order valence-corrected chi connectivity index (χ4v) is 4.38. The number of carbonyl (C=O) groups is 2. The van der Waals surface area contributed by atoms with Crippen molar-refractivity contribution in [1.29, 1.82) is 0 Å². The first-order chi connectivity index (χ1) is 10.4. The Labute approximate surface area is 132 Å². The summed E-state index contributed by atoms with van der Waals surface area (Å²) in [5.74, 6) is 0.991. The van der Waals surface area contributed by atoms with E-state index in [0.29, 0.717) is 11.8 Å². The summed E-state index contributed by atoms with van der Waals surface area (Å²) in [6.45, 7) is 5.91. The van der Waals surface area contributed by atoms with E-state index in [1.165, 1.54) is 12.8 Å². The Morgan fingerprint density at radius 1 is 1.23 bits per heavy atom. The van der Waals surface area contributed by atoms with Gasteiger partial charge in [-0.25, -0.2) is 0 Å².